The van der Waals surface area contributed by atoms with E-state index < -0.39 is 5.60 Å². The van der Waals surface area contributed by atoms with E-state index in [1.807, 2.05) is 26.8 Å². The number of nitrogens with one attached hydrogen (secondary N) is 1. The van der Waals surface area contributed by atoms with Crippen molar-refractivity contribution in [2.45, 2.75) is 45.8 Å². The lowest BCUT2D eigenvalue weighted by molar-refractivity contribution is 0.0513. The highest BCUT2D eigenvalue weighted by molar-refractivity contribution is 5.68. The fraction of sp³-hybridized carbons (Fsp3) is 0.727. The fourth-order valence-corrected chi connectivity index (χ4v) is 1.45. The van der Waals surface area contributed by atoms with Crippen LogP contribution in [0.1, 0.15) is 34.1 Å². The van der Waals surface area contributed by atoms with Gasteiger partial charge in [-0.15, -0.1) is 0 Å². The second kappa shape index (κ2) is 4.03. The van der Waals surface area contributed by atoms with Gasteiger partial charge in [-0.2, -0.15) is 0 Å². The Morgan fingerprint density at radius 3 is 2.50 bits per heavy atom. The standard InChI is InChI=1S/C11H19NO2/c1-8-5-6-9(7-8)12-10(13)14-11(2,3)4/h5-6,8-9H,7H2,1-4H3,(H,12,13)/t8?,9-/m1/s1. The van der Waals surface area contributed by atoms with Crippen molar-refractivity contribution < 1.29 is 9.53 Å². The summed E-state index contributed by atoms with van der Waals surface area (Å²) >= 11 is 0. The average molecular weight is 197 g/mol. The first-order valence-electron chi connectivity index (χ1n) is 5.04. The van der Waals surface area contributed by atoms with Crippen LogP contribution in [0.3, 0.4) is 0 Å². The number of alkyl carbamates (subject to hydrolysis) is 1. The van der Waals surface area contributed by atoms with Crippen molar-refractivity contribution in [3.63, 3.8) is 0 Å². The van der Waals surface area contributed by atoms with E-state index >= 15 is 0 Å². The molecule has 1 N–H and O–H groups in total. The summed E-state index contributed by atoms with van der Waals surface area (Å²) in [5, 5.41) is 2.82. The summed E-state index contributed by atoms with van der Waals surface area (Å²) < 4.78 is 5.15. The lowest BCUT2D eigenvalue weighted by atomic mass is 10.1. The third-order valence-electron chi connectivity index (χ3n) is 2.00. The number of carbonyl (C=O) groups excluding carboxylic acids is 1. The summed E-state index contributed by atoms with van der Waals surface area (Å²) in [5.74, 6) is 0.551. The van der Waals surface area contributed by atoms with Crippen LogP contribution in [0.5, 0.6) is 0 Å². The average Bonchev–Trinajstić information content (AvgIpc) is 2.30. The van der Waals surface area contributed by atoms with Gasteiger partial charge >= 0.3 is 6.09 Å². The molecule has 1 aliphatic carbocycles. The normalized spacial score (nSPS) is 26.3. The van der Waals surface area contributed by atoms with E-state index in [0.717, 1.165) is 6.42 Å². The van der Waals surface area contributed by atoms with E-state index in [4.69, 9.17) is 4.74 Å². The van der Waals surface area contributed by atoms with Gasteiger partial charge in [-0.1, -0.05) is 19.1 Å². The molecule has 0 fully saturated rings. The van der Waals surface area contributed by atoms with Crippen LogP contribution >= 0.6 is 0 Å². The van der Waals surface area contributed by atoms with Crippen LogP contribution in [0.25, 0.3) is 0 Å². The maximum absolute atomic E-state index is 11.4. The van der Waals surface area contributed by atoms with Crippen molar-refractivity contribution in [3.8, 4) is 0 Å². The maximum Gasteiger partial charge on any atom is 0.408 e. The molecule has 0 radical (unpaired) electrons. The zero-order valence-electron chi connectivity index (χ0n) is 9.33. The monoisotopic (exact) mass is 197 g/mol. The highest BCUT2D eigenvalue weighted by atomic mass is 16.6. The topological polar surface area (TPSA) is 38.3 Å². The Hall–Kier alpha value is -0.990. The second-order valence-corrected chi connectivity index (χ2v) is 4.85. The highest BCUT2D eigenvalue weighted by Gasteiger charge is 2.21. The van der Waals surface area contributed by atoms with E-state index in [9.17, 15) is 4.79 Å². The Labute approximate surface area is 85.5 Å². The Kier molecular flexibility index (Phi) is 3.19. The van der Waals surface area contributed by atoms with E-state index in [-0.39, 0.29) is 12.1 Å². The molecule has 80 valence electrons. The minimum Gasteiger partial charge on any atom is -0.444 e. The molecule has 3 nitrogen and oxygen atoms in total. The molecule has 0 aromatic rings. The maximum atomic E-state index is 11.4. The predicted molar refractivity (Wildman–Crippen MR) is 56.1 cm³/mol. The van der Waals surface area contributed by atoms with Gasteiger partial charge in [-0.05, 0) is 33.1 Å². The van der Waals surface area contributed by atoms with Crippen molar-refractivity contribution in [2.24, 2.45) is 5.92 Å². The Bertz CT molecular complexity index is 240. The van der Waals surface area contributed by atoms with Crippen LogP contribution < -0.4 is 5.32 Å². The molecule has 0 aliphatic heterocycles. The number of ether oxygens (including phenoxy) is 1. The second-order valence-electron chi connectivity index (χ2n) is 4.85. The molecular formula is C11H19NO2. The number of rotatable bonds is 1. The minimum atomic E-state index is -0.419. The highest BCUT2D eigenvalue weighted by Crippen LogP contribution is 2.17. The summed E-state index contributed by atoms with van der Waals surface area (Å²) in [6, 6.07) is 0.139. The third-order valence-corrected chi connectivity index (χ3v) is 2.00. The molecule has 0 heterocycles. The Morgan fingerprint density at radius 2 is 2.07 bits per heavy atom. The van der Waals surface area contributed by atoms with Gasteiger partial charge in [-0.25, -0.2) is 4.79 Å². The summed E-state index contributed by atoms with van der Waals surface area (Å²) in [7, 11) is 0. The van der Waals surface area contributed by atoms with Gasteiger partial charge < -0.3 is 10.1 Å². The van der Waals surface area contributed by atoms with E-state index in [2.05, 4.69) is 18.3 Å². The molecule has 3 heteroatoms. The number of carbonyl (C=O) groups is 1. The molecule has 0 saturated heterocycles. The van der Waals surface area contributed by atoms with Crippen LogP contribution in [0.15, 0.2) is 12.2 Å². The van der Waals surface area contributed by atoms with E-state index in [1.165, 1.54) is 0 Å². The third kappa shape index (κ3) is 3.81. The molecule has 1 unspecified atom stereocenters. The van der Waals surface area contributed by atoms with Crippen molar-refractivity contribution in [2.75, 3.05) is 0 Å². The number of amides is 1. The van der Waals surface area contributed by atoms with E-state index in [1.54, 1.807) is 0 Å². The minimum absolute atomic E-state index is 0.139. The molecule has 0 bridgehead atoms. The van der Waals surface area contributed by atoms with Gasteiger partial charge in [0, 0.05) is 0 Å². The zero-order valence-corrected chi connectivity index (χ0v) is 9.33. The number of hydrogen-bond acceptors (Lipinski definition) is 2. The van der Waals surface area contributed by atoms with Crippen LogP contribution in [0.2, 0.25) is 0 Å². The first kappa shape index (κ1) is 11.1. The lowest BCUT2D eigenvalue weighted by Gasteiger charge is -2.21. The van der Waals surface area contributed by atoms with Crippen LogP contribution in [0.4, 0.5) is 4.79 Å². The van der Waals surface area contributed by atoms with E-state index in [0.29, 0.717) is 5.92 Å². The molecule has 1 aliphatic rings. The van der Waals surface area contributed by atoms with Crippen molar-refractivity contribution in [1.29, 1.82) is 0 Å². The van der Waals surface area contributed by atoms with Crippen molar-refractivity contribution in [1.82, 2.24) is 5.32 Å². The molecule has 0 saturated carbocycles. The quantitative estimate of drug-likeness (QED) is 0.656. The van der Waals surface area contributed by atoms with Gasteiger partial charge in [0.2, 0.25) is 0 Å². The largest absolute Gasteiger partial charge is 0.444 e. The summed E-state index contributed by atoms with van der Waals surface area (Å²) in [6.07, 6.45) is 4.77. The van der Waals surface area contributed by atoms with Crippen LogP contribution in [-0.4, -0.2) is 17.7 Å². The molecule has 0 spiro atoms. The van der Waals surface area contributed by atoms with Gasteiger partial charge in [-0.3, -0.25) is 0 Å². The molecule has 0 aromatic carbocycles. The molecule has 2 atom stereocenters. The number of hydrogen-bond donors (Lipinski definition) is 1. The van der Waals surface area contributed by atoms with Gasteiger partial charge in [0.05, 0.1) is 6.04 Å². The predicted octanol–water partition coefficient (Wildman–Crippen LogP) is 2.48. The van der Waals surface area contributed by atoms with Crippen LogP contribution in [-0.2, 0) is 4.74 Å². The first-order chi connectivity index (χ1) is 6.37. The van der Waals surface area contributed by atoms with Gasteiger partial charge in [0.25, 0.3) is 0 Å². The SMILES string of the molecule is CC1C=C[C@@H](NC(=O)OC(C)(C)C)C1. The van der Waals surface area contributed by atoms with Crippen molar-refractivity contribution >= 4 is 6.09 Å². The summed E-state index contributed by atoms with van der Waals surface area (Å²) in [4.78, 5) is 11.4. The van der Waals surface area contributed by atoms with Crippen LogP contribution in [0, 0.1) is 5.92 Å². The zero-order chi connectivity index (χ0) is 10.8. The molecule has 1 rings (SSSR count). The molecule has 0 aromatic heterocycles. The summed E-state index contributed by atoms with van der Waals surface area (Å²) in [6.45, 7) is 7.71. The number of allylic oxidation sites excluding steroid dienone is 1. The van der Waals surface area contributed by atoms with Gasteiger partial charge in [0.15, 0.2) is 0 Å². The summed E-state index contributed by atoms with van der Waals surface area (Å²) in [5.41, 5.74) is -0.419. The fourth-order valence-electron chi connectivity index (χ4n) is 1.45. The smallest absolute Gasteiger partial charge is 0.408 e. The Morgan fingerprint density at radius 1 is 1.43 bits per heavy atom. The Balaban J connectivity index is 2.32. The molecular weight excluding hydrogens is 178 g/mol. The van der Waals surface area contributed by atoms with Crippen molar-refractivity contribution in [3.05, 3.63) is 12.2 Å². The first-order valence-corrected chi connectivity index (χ1v) is 5.04. The van der Waals surface area contributed by atoms with Gasteiger partial charge in [0.1, 0.15) is 5.60 Å². The molecule has 1 amide bonds. The molecule has 14 heavy (non-hydrogen) atoms. The lowest BCUT2D eigenvalue weighted by Crippen LogP contribution is -2.37.